The number of anilines is 1. The van der Waals surface area contributed by atoms with Crippen LogP contribution in [0.3, 0.4) is 0 Å². The summed E-state index contributed by atoms with van der Waals surface area (Å²) in [4.78, 5) is 11.7. The SMILES string of the molecule is CCN(CC)CCSc1nc(C(C)C)nc(NC)c1C. The van der Waals surface area contributed by atoms with Gasteiger partial charge >= 0.3 is 0 Å². The van der Waals surface area contributed by atoms with E-state index in [2.05, 4.69) is 49.8 Å². The van der Waals surface area contributed by atoms with Crippen molar-refractivity contribution in [3.8, 4) is 0 Å². The van der Waals surface area contributed by atoms with E-state index in [-0.39, 0.29) is 0 Å². The Balaban J connectivity index is 2.80. The summed E-state index contributed by atoms with van der Waals surface area (Å²) in [5, 5.41) is 4.29. The third-order valence-corrected chi connectivity index (χ3v) is 4.47. The monoisotopic (exact) mass is 296 g/mol. The topological polar surface area (TPSA) is 41.1 Å². The highest BCUT2D eigenvalue weighted by atomic mass is 32.2. The van der Waals surface area contributed by atoms with Crippen molar-refractivity contribution >= 4 is 17.6 Å². The average Bonchev–Trinajstić information content (AvgIpc) is 2.44. The summed E-state index contributed by atoms with van der Waals surface area (Å²) >= 11 is 1.83. The lowest BCUT2D eigenvalue weighted by Gasteiger charge is -2.18. The van der Waals surface area contributed by atoms with Gasteiger partial charge in [0.25, 0.3) is 0 Å². The average molecular weight is 296 g/mol. The summed E-state index contributed by atoms with van der Waals surface area (Å²) < 4.78 is 0. The molecule has 20 heavy (non-hydrogen) atoms. The smallest absolute Gasteiger partial charge is 0.134 e. The van der Waals surface area contributed by atoms with Crippen LogP contribution < -0.4 is 5.32 Å². The van der Waals surface area contributed by atoms with Gasteiger partial charge in [-0.2, -0.15) is 0 Å². The molecule has 1 N–H and O–H groups in total. The number of aromatic nitrogens is 2. The van der Waals surface area contributed by atoms with E-state index in [0.717, 1.165) is 47.6 Å². The van der Waals surface area contributed by atoms with Crippen molar-refractivity contribution in [1.29, 1.82) is 0 Å². The van der Waals surface area contributed by atoms with Crippen molar-refractivity contribution in [3.05, 3.63) is 11.4 Å². The van der Waals surface area contributed by atoms with Gasteiger partial charge in [0.2, 0.25) is 0 Å². The van der Waals surface area contributed by atoms with E-state index >= 15 is 0 Å². The lowest BCUT2D eigenvalue weighted by molar-refractivity contribution is 0.324. The maximum Gasteiger partial charge on any atom is 0.134 e. The van der Waals surface area contributed by atoms with E-state index in [9.17, 15) is 0 Å². The summed E-state index contributed by atoms with van der Waals surface area (Å²) in [6, 6.07) is 0. The first-order chi connectivity index (χ1) is 9.53. The molecule has 1 aromatic rings. The second-order valence-electron chi connectivity index (χ2n) is 5.14. The van der Waals surface area contributed by atoms with Gasteiger partial charge in [0.1, 0.15) is 16.7 Å². The van der Waals surface area contributed by atoms with Gasteiger partial charge in [-0.1, -0.05) is 27.7 Å². The number of nitrogens with zero attached hydrogens (tertiary/aromatic N) is 3. The quantitative estimate of drug-likeness (QED) is 0.588. The molecule has 0 saturated heterocycles. The molecule has 0 saturated carbocycles. The molecule has 0 amide bonds. The predicted octanol–water partition coefficient (Wildman–Crippen LogP) is 3.38. The Morgan fingerprint density at radius 1 is 1.20 bits per heavy atom. The van der Waals surface area contributed by atoms with Crippen LogP contribution in [0.2, 0.25) is 0 Å². The molecule has 0 aromatic carbocycles. The van der Waals surface area contributed by atoms with E-state index in [1.165, 1.54) is 0 Å². The van der Waals surface area contributed by atoms with E-state index in [4.69, 9.17) is 4.98 Å². The molecule has 1 aromatic heterocycles. The highest BCUT2D eigenvalue weighted by Gasteiger charge is 2.13. The minimum atomic E-state index is 0.352. The Morgan fingerprint density at radius 3 is 2.35 bits per heavy atom. The summed E-state index contributed by atoms with van der Waals surface area (Å²) in [5.74, 6) is 3.30. The second-order valence-corrected chi connectivity index (χ2v) is 6.22. The van der Waals surface area contributed by atoms with E-state index in [1.807, 2.05) is 18.8 Å². The molecule has 0 spiro atoms. The van der Waals surface area contributed by atoms with Crippen LogP contribution in [0.5, 0.6) is 0 Å². The van der Waals surface area contributed by atoms with E-state index < -0.39 is 0 Å². The van der Waals surface area contributed by atoms with Crippen LogP contribution in [0, 0.1) is 6.92 Å². The molecule has 1 heterocycles. The van der Waals surface area contributed by atoms with Gasteiger partial charge in [0.15, 0.2) is 0 Å². The van der Waals surface area contributed by atoms with Crippen LogP contribution in [0.25, 0.3) is 0 Å². The summed E-state index contributed by atoms with van der Waals surface area (Å²) in [6.45, 7) is 14.1. The first-order valence-corrected chi connectivity index (χ1v) is 8.43. The van der Waals surface area contributed by atoms with Gasteiger partial charge in [-0.3, -0.25) is 0 Å². The Morgan fingerprint density at radius 2 is 1.85 bits per heavy atom. The fourth-order valence-electron chi connectivity index (χ4n) is 1.97. The standard InChI is InChI=1S/C15H28N4S/c1-7-19(8-2)9-10-20-15-12(5)14(16-6)17-13(18-15)11(3)4/h11H,7-10H2,1-6H3,(H,16,17,18). The number of hydrogen-bond acceptors (Lipinski definition) is 5. The summed E-state index contributed by atoms with van der Waals surface area (Å²) in [7, 11) is 1.92. The molecule has 0 bridgehead atoms. The fraction of sp³-hybridized carbons (Fsp3) is 0.733. The normalized spacial score (nSPS) is 11.4. The zero-order valence-corrected chi connectivity index (χ0v) is 14.5. The minimum absolute atomic E-state index is 0.352. The third kappa shape index (κ3) is 4.63. The highest BCUT2D eigenvalue weighted by Crippen LogP contribution is 2.26. The van der Waals surface area contributed by atoms with Crippen molar-refractivity contribution in [2.24, 2.45) is 0 Å². The molecule has 0 aliphatic heterocycles. The Hall–Kier alpha value is -0.810. The maximum atomic E-state index is 4.72. The molecular formula is C15H28N4S. The lowest BCUT2D eigenvalue weighted by atomic mass is 10.2. The molecule has 0 fully saturated rings. The molecule has 0 atom stereocenters. The zero-order chi connectivity index (χ0) is 15.1. The maximum absolute atomic E-state index is 4.72. The number of nitrogens with one attached hydrogen (secondary N) is 1. The third-order valence-electron chi connectivity index (χ3n) is 3.41. The molecule has 0 unspecified atom stereocenters. The van der Waals surface area contributed by atoms with Crippen molar-refractivity contribution in [2.45, 2.75) is 45.6 Å². The van der Waals surface area contributed by atoms with Crippen molar-refractivity contribution < 1.29 is 0 Å². The van der Waals surface area contributed by atoms with Crippen LogP contribution in [0.4, 0.5) is 5.82 Å². The Labute approximate surface area is 127 Å². The molecule has 0 radical (unpaired) electrons. The van der Waals surface area contributed by atoms with E-state index in [1.54, 1.807) is 0 Å². The van der Waals surface area contributed by atoms with Gasteiger partial charge in [0, 0.05) is 30.8 Å². The molecular weight excluding hydrogens is 268 g/mol. The molecule has 5 heteroatoms. The van der Waals surface area contributed by atoms with Gasteiger partial charge in [-0.25, -0.2) is 9.97 Å². The molecule has 4 nitrogen and oxygen atoms in total. The number of rotatable bonds is 8. The van der Waals surface area contributed by atoms with Gasteiger partial charge in [0.05, 0.1) is 0 Å². The Bertz CT molecular complexity index is 417. The lowest BCUT2D eigenvalue weighted by Crippen LogP contribution is -2.25. The minimum Gasteiger partial charge on any atom is -0.373 e. The molecule has 0 aliphatic rings. The molecule has 114 valence electrons. The van der Waals surface area contributed by atoms with Crippen molar-refractivity contribution in [3.63, 3.8) is 0 Å². The summed E-state index contributed by atoms with van der Waals surface area (Å²) in [6.07, 6.45) is 0. The van der Waals surface area contributed by atoms with E-state index in [0.29, 0.717) is 5.92 Å². The molecule has 0 aliphatic carbocycles. The highest BCUT2D eigenvalue weighted by molar-refractivity contribution is 7.99. The van der Waals surface area contributed by atoms with Gasteiger partial charge in [-0.05, 0) is 20.0 Å². The number of hydrogen-bond donors (Lipinski definition) is 1. The van der Waals surface area contributed by atoms with Crippen LogP contribution >= 0.6 is 11.8 Å². The van der Waals surface area contributed by atoms with Crippen molar-refractivity contribution in [1.82, 2.24) is 14.9 Å². The van der Waals surface area contributed by atoms with Crippen LogP contribution in [-0.2, 0) is 0 Å². The zero-order valence-electron chi connectivity index (χ0n) is 13.7. The fourth-order valence-corrected chi connectivity index (χ4v) is 2.98. The molecule has 1 rings (SSSR count). The largest absolute Gasteiger partial charge is 0.373 e. The van der Waals surface area contributed by atoms with Crippen LogP contribution in [0.1, 0.15) is 45.0 Å². The first-order valence-electron chi connectivity index (χ1n) is 7.44. The summed E-state index contributed by atoms with van der Waals surface area (Å²) in [5.41, 5.74) is 1.15. The second kappa shape index (κ2) is 8.47. The predicted molar refractivity (Wildman–Crippen MR) is 88.9 cm³/mol. The first kappa shape index (κ1) is 17.2. The number of thioether (sulfide) groups is 1. The Kier molecular flexibility index (Phi) is 7.30. The van der Waals surface area contributed by atoms with Crippen LogP contribution in [0.15, 0.2) is 5.03 Å². The van der Waals surface area contributed by atoms with Gasteiger partial charge < -0.3 is 10.2 Å². The van der Waals surface area contributed by atoms with Crippen molar-refractivity contribution in [2.75, 3.05) is 37.8 Å². The van der Waals surface area contributed by atoms with Crippen LogP contribution in [-0.4, -0.2) is 47.3 Å². The van der Waals surface area contributed by atoms with Gasteiger partial charge in [-0.15, -0.1) is 11.8 Å².